The summed E-state index contributed by atoms with van der Waals surface area (Å²) in [6, 6.07) is 0. The van der Waals surface area contributed by atoms with Crippen molar-refractivity contribution in [2.75, 3.05) is 0 Å². The van der Waals surface area contributed by atoms with E-state index in [0.717, 1.165) is 12.8 Å². The third-order valence-electron chi connectivity index (χ3n) is 3.07. The Morgan fingerprint density at radius 2 is 2.36 bits per heavy atom. The number of fused-ring (bicyclic) bond motifs is 1. The van der Waals surface area contributed by atoms with E-state index in [1.54, 1.807) is 6.61 Å². The van der Waals surface area contributed by atoms with Gasteiger partial charge in [-0.05, 0) is 18.3 Å². The van der Waals surface area contributed by atoms with Gasteiger partial charge in [-0.2, -0.15) is 0 Å². The van der Waals surface area contributed by atoms with Crippen molar-refractivity contribution < 1.29 is 9.53 Å². The van der Waals surface area contributed by atoms with Crippen LogP contribution in [0.4, 0.5) is 0 Å². The first kappa shape index (κ1) is 7.14. The number of carbonyl (C=O) groups excluding carboxylic acids is 1. The van der Waals surface area contributed by atoms with Crippen LogP contribution in [0.1, 0.15) is 26.7 Å². The molecule has 2 unspecified atom stereocenters. The molecule has 0 aromatic rings. The van der Waals surface area contributed by atoms with E-state index in [1.807, 2.05) is 0 Å². The molecule has 0 aromatic heterocycles. The fourth-order valence-electron chi connectivity index (χ4n) is 2.19. The van der Waals surface area contributed by atoms with Gasteiger partial charge in [0.2, 0.25) is 0 Å². The average Bonchev–Trinajstić information content (AvgIpc) is 2.39. The zero-order valence-corrected chi connectivity index (χ0v) is 6.96. The molecule has 0 spiro atoms. The molecule has 1 radical (unpaired) electrons. The lowest BCUT2D eigenvalue weighted by Gasteiger charge is -2.22. The molecule has 2 heteroatoms. The van der Waals surface area contributed by atoms with Crippen LogP contribution in [0.5, 0.6) is 0 Å². The zero-order chi connectivity index (χ0) is 8.06. The van der Waals surface area contributed by atoms with Gasteiger partial charge in [-0.3, -0.25) is 4.79 Å². The van der Waals surface area contributed by atoms with Gasteiger partial charge in [0.1, 0.15) is 6.61 Å². The maximum absolute atomic E-state index is 11.1. The molecule has 2 fully saturated rings. The summed E-state index contributed by atoms with van der Waals surface area (Å²) in [5, 5.41) is 0. The van der Waals surface area contributed by atoms with Crippen LogP contribution >= 0.6 is 0 Å². The molecule has 61 valence electrons. The molecule has 1 aliphatic heterocycles. The van der Waals surface area contributed by atoms with Crippen molar-refractivity contribution in [3.63, 3.8) is 0 Å². The predicted molar refractivity (Wildman–Crippen MR) is 40.4 cm³/mol. The highest BCUT2D eigenvalue weighted by Gasteiger charge is 2.50. The molecule has 2 atom stereocenters. The van der Waals surface area contributed by atoms with E-state index >= 15 is 0 Å². The largest absolute Gasteiger partial charge is 0.458 e. The molecule has 2 nitrogen and oxygen atoms in total. The van der Waals surface area contributed by atoms with Crippen molar-refractivity contribution in [2.45, 2.75) is 26.7 Å². The number of carbonyl (C=O) groups is 1. The van der Waals surface area contributed by atoms with E-state index in [9.17, 15) is 4.79 Å². The molecule has 1 saturated carbocycles. The number of ether oxygens (including phenoxy) is 1. The summed E-state index contributed by atoms with van der Waals surface area (Å²) in [5.74, 6) is 0.528. The molecule has 0 amide bonds. The standard InChI is InChI=1S/C9H13O2/c1-9(2)4-3-6-7(9)5-11-8(6)10/h5-7H,3-4H2,1-2H3. The Labute approximate surface area is 66.9 Å². The monoisotopic (exact) mass is 153 g/mol. The highest BCUT2D eigenvalue weighted by atomic mass is 16.5. The Morgan fingerprint density at radius 3 is 3.00 bits per heavy atom. The number of cyclic esters (lactones) is 1. The van der Waals surface area contributed by atoms with Gasteiger partial charge in [0, 0.05) is 5.92 Å². The second-order valence-corrected chi connectivity index (χ2v) is 4.23. The van der Waals surface area contributed by atoms with Gasteiger partial charge in [-0.15, -0.1) is 0 Å². The quantitative estimate of drug-likeness (QED) is 0.496. The minimum atomic E-state index is -0.0134. The Hall–Kier alpha value is -0.530. The number of esters is 1. The lowest BCUT2D eigenvalue weighted by atomic mass is 9.80. The van der Waals surface area contributed by atoms with Gasteiger partial charge in [-0.1, -0.05) is 13.8 Å². The summed E-state index contributed by atoms with van der Waals surface area (Å²) in [7, 11) is 0. The maximum Gasteiger partial charge on any atom is 0.309 e. The Kier molecular flexibility index (Phi) is 1.29. The highest BCUT2D eigenvalue weighted by Crippen LogP contribution is 2.51. The smallest absolute Gasteiger partial charge is 0.309 e. The fourth-order valence-corrected chi connectivity index (χ4v) is 2.19. The second kappa shape index (κ2) is 1.99. The van der Waals surface area contributed by atoms with E-state index in [-0.39, 0.29) is 17.3 Å². The number of hydrogen-bond donors (Lipinski definition) is 0. The van der Waals surface area contributed by atoms with Crippen molar-refractivity contribution >= 4 is 5.97 Å². The number of hydrogen-bond acceptors (Lipinski definition) is 2. The summed E-state index contributed by atoms with van der Waals surface area (Å²) >= 11 is 0. The highest BCUT2D eigenvalue weighted by molar-refractivity contribution is 5.76. The molecule has 2 aliphatic rings. The lowest BCUT2D eigenvalue weighted by Crippen LogP contribution is -2.19. The topological polar surface area (TPSA) is 26.3 Å². The van der Waals surface area contributed by atoms with E-state index < -0.39 is 0 Å². The first-order valence-electron chi connectivity index (χ1n) is 4.15. The fraction of sp³-hybridized carbons (Fsp3) is 0.778. The van der Waals surface area contributed by atoms with E-state index in [0.29, 0.717) is 5.92 Å². The summed E-state index contributed by atoms with van der Waals surface area (Å²) in [6.07, 6.45) is 2.15. The number of rotatable bonds is 0. The second-order valence-electron chi connectivity index (χ2n) is 4.23. The van der Waals surface area contributed by atoms with Crippen LogP contribution in [-0.2, 0) is 9.53 Å². The van der Waals surface area contributed by atoms with Crippen molar-refractivity contribution in [2.24, 2.45) is 17.3 Å². The molecule has 1 aliphatic carbocycles. The van der Waals surface area contributed by atoms with Crippen molar-refractivity contribution in [1.29, 1.82) is 0 Å². The van der Waals surface area contributed by atoms with Gasteiger partial charge >= 0.3 is 5.97 Å². The lowest BCUT2D eigenvalue weighted by molar-refractivity contribution is -0.139. The molecule has 0 aromatic carbocycles. The van der Waals surface area contributed by atoms with E-state index in [4.69, 9.17) is 4.74 Å². The minimum absolute atomic E-state index is 0.0134. The van der Waals surface area contributed by atoms with Gasteiger partial charge in [0.15, 0.2) is 0 Å². The van der Waals surface area contributed by atoms with Crippen LogP contribution in [0, 0.1) is 23.9 Å². The van der Waals surface area contributed by atoms with Crippen LogP contribution in [0.2, 0.25) is 0 Å². The van der Waals surface area contributed by atoms with Crippen LogP contribution in [0.25, 0.3) is 0 Å². The Balaban J connectivity index is 2.23. The van der Waals surface area contributed by atoms with Gasteiger partial charge in [-0.25, -0.2) is 0 Å². The molecule has 11 heavy (non-hydrogen) atoms. The molecule has 0 bridgehead atoms. The minimum Gasteiger partial charge on any atom is -0.458 e. The van der Waals surface area contributed by atoms with Crippen LogP contribution in [-0.4, -0.2) is 5.97 Å². The van der Waals surface area contributed by atoms with Gasteiger partial charge in [0.25, 0.3) is 0 Å². The maximum atomic E-state index is 11.1. The van der Waals surface area contributed by atoms with E-state index in [2.05, 4.69) is 13.8 Å². The molecule has 0 N–H and O–H groups in total. The van der Waals surface area contributed by atoms with Crippen LogP contribution < -0.4 is 0 Å². The molecule has 2 rings (SSSR count). The van der Waals surface area contributed by atoms with Crippen LogP contribution in [0.15, 0.2) is 0 Å². The predicted octanol–water partition coefficient (Wildman–Crippen LogP) is 1.76. The third-order valence-corrected chi connectivity index (χ3v) is 3.07. The molecular formula is C9H13O2. The summed E-state index contributed by atoms with van der Waals surface area (Å²) in [5.41, 5.74) is 0.275. The average molecular weight is 153 g/mol. The third kappa shape index (κ3) is 0.883. The van der Waals surface area contributed by atoms with Gasteiger partial charge in [0.05, 0.1) is 5.92 Å². The first-order chi connectivity index (χ1) is 5.11. The van der Waals surface area contributed by atoms with Gasteiger partial charge < -0.3 is 4.74 Å². The van der Waals surface area contributed by atoms with Crippen molar-refractivity contribution in [3.05, 3.63) is 6.61 Å². The first-order valence-corrected chi connectivity index (χ1v) is 4.15. The van der Waals surface area contributed by atoms with E-state index in [1.165, 1.54) is 0 Å². The summed E-state index contributed by atoms with van der Waals surface area (Å²) < 4.78 is 4.89. The van der Waals surface area contributed by atoms with Crippen molar-refractivity contribution in [3.8, 4) is 0 Å². The van der Waals surface area contributed by atoms with Crippen molar-refractivity contribution in [1.82, 2.24) is 0 Å². The normalized spacial score (nSPS) is 40.4. The zero-order valence-electron chi connectivity index (χ0n) is 6.96. The molecular weight excluding hydrogens is 140 g/mol. The summed E-state index contributed by atoms with van der Waals surface area (Å²) in [4.78, 5) is 11.1. The SMILES string of the molecule is CC1(C)CCC2C(=O)O[CH]C21. The Bertz CT molecular complexity index is 196. The van der Waals surface area contributed by atoms with Crippen LogP contribution in [0.3, 0.4) is 0 Å². The summed E-state index contributed by atoms with van der Waals surface area (Å²) in [6.45, 7) is 6.15. The Morgan fingerprint density at radius 1 is 1.64 bits per heavy atom. The molecule has 1 saturated heterocycles. The molecule has 1 heterocycles.